The third-order valence-corrected chi connectivity index (χ3v) is 1.59. The van der Waals surface area contributed by atoms with E-state index in [1.807, 2.05) is 13.8 Å². The Morgan fingerprint density at radius 3 is 2.15 bits per heavy atom. The normalized spacial score (nSPS) is 8.69. The van der Waals surface area contributed by atoms with Crippen molar-refractivity contribution in [1.29, 1.82) is 0 Å². The van der Waals surface area contributed by atoms with Crippen molar-refractivity contribution in [3.8, 4) is 5.75 Å². The lowest BCUT2D eigenvalue weighted by molar-refractivity contribution is 0.424. The Morgan fingerprint density at radius 1 is 1.23 bits per heavy atom. The molecule has 72 valence electrons. The van der Waals surface area contributed by atoms with Crippen LogP contribution in [0, 0.1) is 0 Å². The minimum Gasteiger partial charge on any atom is -0.506 e. The van der Waals surface area contributed by atoms with Crippen molar-refractivity contribution in [1.82, 2.24) is 0 Å². The number of benzene rings is 1. The van der Waals surface area contributed by atoms with Crippen LogP contribution < -0.4 is 5.46 Å². The molecule has 5 heteroatoms. The lowest BCUT2D eigenvalue weighted by atomic mass is 9.80. The smallest absolute Gasteiger partial charge is 0.488 e. The predicted molar refractivity (Wildman–Crippen MR) is 54.3 cm³/mol. The van der Waals surface area contributed by atoms with E-state index in [0.29, 0.717) is 0 Å². The number of hydrogen-bond acceptors (Lipinski definition) is 3. The SMILES string of the molecule is CC.OB(O)c1ccc(Cl)c(O)c1. The van der Waals surface area contributed by atoms with Crippen molar-refractivity contribution in [2.24, 2.45) is 0 Å². The molecular formula is C8H12BClO3. The first-order valence-corrected chi connectivity index (χ1v) is 4.33. The van der Waals surface area contributed by atoms with Gasteiger partial charge in [0.2, 0.25) is 0 Å². The summed E-state index contributed by atoms with van der Waals surface area (Å²) in [5, 5.41) is 26.5. The van der Waals surface area contributed by atoms with Crippen molar-refractivity contribution >= 4 is 24.2 Å². The van der Waals surface area contributed by atoms with Gasteiger partial charge in [-0.25, -0.2) is 0 Å². The van der Waals surface area contributed by atoms with Gasteiger partial charge in [0.1, 0.15) is 5.75 Å². The predicted octanol–water partition coefficient (Wildman–Crippen LogP) is 0.752. The quantitative estimate of drug-likeness (QED) is 0.589. The summed E-state index contributed by atoms with van der Waals surface area (Å²) in [6, 6.07) is 4.02. The van der Waals surface area contributed by atoms with E-state index in [4.69, 9.17) is 26.8 Å². The van der Waals surface area contributed by atoms with Crippen LogP contribution in [0.5, 0.6) is 5.75 Å². The number of phenolic OH excluding ortho intramolecular Hbond substituents is 1. The van der Waals surface area contributed by atoms with Crippen LogP contribution in [0.1, 0.15) is 13.8 Å². The van der Waals surface area contributed by atoms with Gasteiger partial charge in [-0.05, 0) is 17.6 Å². The summed E-state index contributed by atoms with van der Waals surface area (Å²) in [7, 11) is -1.57. The molecule has 1 aromatic rings. The van der Waals surface area contributed by atoms with E-state index in [1.54, 1.807) is 0 Å². The fraction of sp³-hybridized carbons (Fsp3) is 0.250. The summed E-state index contributed by atoms with van der Waals surface area (Å²) in [6.07, 6.45) is 0. The van der Waals surface area contributed by atoms with Gasteiger partial charge in [-0.3, -0.25) is 0 Å². The van der Waals surface area contributed by atoms with Crippen LogP contribution >= 0.6 is 11.6 Å². The molecule has 0 aliphatic heterocycles. The Morgan fingerprint density at radius 2 is 1.77 bits per heavy atom. The second-order valence-electron chi connectivity index (χ2n) is 2.08. The number of halogens is 1. The van der Waals surface area contributed by atoms with Crippen LogP contribution in [-0.4, -0.2) is 22.3 Å². The van der Waals surface area contributed by atoms with Crippen molar-refractivity contribution in [2.45, 2.75) is 13.8 Å². The van der Waals surface area contributed by atoms with E-state index in [9.17, 15) is 0 Å². The molecule has 1 rings (SSSR count). The average molecular weight is 202 g/mol. The maximum absolute atomic E-state index is 8.99. The van der Waals surface area contributed by atoms with Crippen LogP contribution in [-0.2, 0) is 0 Å². The third-order valence-electron chi connectivity index (χ3n) is 1.27. The lowest BCUT2D eigenvalue weighted by Gasteiger charge is -2.00. The molecule has 0 unspecified atom stereocenters. The van der Waals surface area contributed by atoms with Gasteiger partial charge in [-0.15, -0.1) is 0 Å². The Balaban J connectivity index is 0.000000671. The van der Waals surface area contributed by atoms with E-state index in [0.717, 1.165) is 0 Å². The van der Waals surface area contributed by atoms with E-state index in [-0.39, 0.29) is 16.2 Å². The van der Waals surface area contributed by atoms with Gasteiger partial charge in [0.05, 0.1) is 5.02 Å². The largest absolute Gasteiger partial charge is 0.506 e. The van der Waals surface area contributed by atoms with Gasteiger partial charge in [-0.2, -0.15) is 0 Å². The molecule has 0 aliphatic rings. The van der Waals surface area contributed by atoms with Gasteiger partial charge >= 0.3 is 7.12 Å². The summed E-state index contributed by atoms with van der Waals surface area (Å²) >= 11 is 5.47. The van der Waals surface area contributed by atoms with E-state index in [1.165, 1.54) is 18.2 Å². The first-order chi connectivity index (χ1) is 6.11. The van der Waals surface area contributed by atoms with Crippen LogP contribution in [0.2, 0.25) is 5.02 Å². The average Bonchev–Trinajstić information content (AvgIpc) is 2.13. The zero-order valence-corrected chi connectivity index (χ0v) is 8.28. The van der Waals surface area contributed by atoms with Gasteiger partial charge in [0.25, 0.3) is 0 Å². The summed E-state index contributed by atoms with van der Waals surface area (Å²) in [4.78, 5) is 0. The van der Waals surface area contributed by atoms with Crippen LogP contribution in [0.25, 0.3) is 0 Å². The van der Waals surface area contributed by atoms with Gasteiger partial charge < -0.3 is 15.2 Å². The molecule has 0 bridgehead atoms. The molecule has 0 heterocycles. The molecule has 0 aromatic heterocycles. The van der Waals surface area contributed by atoms with Crippen molar-refractivity contribution < 1.29 is 15.2 Å². The van der Waals surface area contributed by atoms with Crippen LogP contribution in [0.15, 0.2) is 18.2 Å². The maximum Gasteiger partial charge on any atom is 0.488 e. The topological polar surface area (TPSA) is 60.7 Å². The molecule has 13 heavy (non-hydrogen) atoms. The van der Waals surface area contributed by atoms with E-state index < -0.39 is 7.12 Å². The van der Waals surface area contributed by atoms with E-state index in [2.05, 4.69) is 0 Å². The molecular weight excluding hydrogens is 190 g/mol. The summed E-state index contributed by atoms with van der Waals surface area (Å²) in [6.45, 7) is 4.00. The number of hydrogen-bond donors (Lipinski definition) is 3. The Bertz CT molecular complexity index is 266. The highest BCUT2D eigenvalue weighted by atomic mass is 35.5. The second kappa shape index (κ2) is 5.86. The highest BCUT2D eigenvalue weighted by molar-refractivity contribution is 6.58. The molecule has 1 aromatic carbocycles. The summed E-state index contributed by atoms with van der Waals surface area (Å²) < 4.78 is 0. The molecule has 0 saturated carbocycles. The lowest BCUT2D eigenvalue weighted by Crippen LogP contribution is -2.29. The van der Waals surface area contributed by atoms with Gasteiger partial charge in [0.15, 0.2) is 0 Å². The molecule has 0 saturated heterocycles. The fourth-order valence-corrected chi connectivity index (χ4v) is 0.808. The zero-order chi connectivity index (χ0) is 10.4. The molecule has 0 radical (unpaired) electrons. The minimum absolute atomic E-state index is 0.155. The van der Waals surface area contributed by atoms with Crippen LogP contribution in [0.3, 0.4) is 0 Å². The molecule has 3 N–H and O–H groups in total. The second-order valence-corrected chi connectivity index (χ2v) is 2.49. The number of phenols is 1. The van der Waals surface area contributed by atoms with Crippen molar-refractivity contribution in [3.63, 3.8) is 0 Å². The van der Waals surface area contributed by atoms with Crippen molar-refractivity contribution in [2.75, 3.05) is 0 Å². The van der Waals surface area contributed by atoms with Crippen LogP contribution in [0.4, 0.5) is 0 Å². The number of rotatable bonds is 1. The molecule has 0 amide bonds. The fourth-order valence-electron chi connectivity index (χ4n) is 0.690. The Hall–Kier alpha value is -0.705. The Labute approximate surface area is 82.7 Å². The molecule has 0 aliphatic carbocycles. The maximum atomic E-state index is 8.99. The molecule has 0 atom stereocenters. The molecule has 0 spiro atoms. The summed E-state index contributed by atoms with van der Waals surface area (Å²) in [5.74, 6) is -0.155. The highest BCUT2D eigenvalue weighted by Crippen LogP contribution is 2.19. The number of aromatic hydroxyl groups is 1. The first-order valence-electron chi connectivity index (χ1n) is 3.96. The third kappa shape index (κ3) is 3.68. The first kappa shape index (κ1) is 12.3. The summed E-state index contributed by atoms with van der Waals surface area (Å²) in [5.41, 5.74) is 0.215. The standard InChI is InChI=1S/C6H6BClO3.C2H6/c8-5-2-1-4(7(10)11)3-6(5)9;1-2/h1-3,9-11H;1-2H3. The molecule has 0 fully saturated rings. The van der Waals surface area contributed by atoms with Gasteiger partial charge in [0, 0.05) is 0 Å². The minimum atomic E-state index is -1.57. The molecule has 3 nitrogen and oxygen atoms in total. The van der Waals surface area contributed by atoms with Crippen molar-refractivity contribution in [3.05, 3.63) is 23.2 Å². The zero-order valence-electron chi connectivity index (χ0n) is 7.53. The Kier molecular flexibility index (Phi) is 5.54. The van der Waals surface area contributed by atoms with E-state index >= 15 is 0 Å². The highest BCUT2D eigenvalue weighted by Gasteiger charge is 2.11. The van der Waals surface area contributed by atoms with Gasteiger partial charge in [-0.1, -0.05) is 31.5 Å². The monoisotopic (exact) mass is 202 g/mol.